The molecule has 21 heavy (non-hydrogen) atoms. The molecule has 0 heterocycles. The molecular weight excluding hydrogens is 266 g/mol. The maximum atomic E-state index is 12.4. The summed E-state index contributed by atoms with van der Waals surface area (Å²) < 4.78 is 5.11. The Balaban J connectivity index is 1.58. The zero-order valence-electron chi connectivity index (χ0n) is 12.8. The fourth-order valence-electron chi connectivity index (χ4n) is 5.90. The summed E-state index contributed by atoms with van der Waals surface area (Å²) in [6, 6.07) is 0. The largest absolute Gasteiger partial charge is 0.469 e. The van der Waals surface area contributed by atoms with Crippen LogP contribution in [0.3, 0.4) is 0 Å². The van der Waals surface area contributed by atoms with Crippen LogP contribution in [-0.4, -0.2) is 24.5 Å². The molecule has 5 aliphatic rings. The van der Waals surface area contributed by atoms with Crippen LogP contribution in [0.2, 0.25) is 0 Å². The van der Waals surface area contributed by atoms with Gasteiger partial charge in [-0.3, -0.25) is 9.59 Å². The normalized spacial score (nSPS) is 44.2. The lowest BCUT2D eigenvalue weighted by molar-refractivity contribution is -0.173. The van der Waals surface area contributed by atoms with Crippen LogP contribution >= 0.6 is 0 Å². The number of nitrogens with one attached hydrogen (secondary N) is 1. The van der Waals surface area contributed by atoms with Crippen LogP contribution in [0.15, 0.2) is 0 Å². The molecule has 1 amide bonds. The van der Waals surface area contributed by atoms with Crippen molar-refractivity contribution in [3.63, 3.8) is 0 Å². The first-order chi connectivity index (χ1) is 10.0. The van der Waals surface area contributed by atoms with Gasteiger partial charge in [-0.05, 0) is 63.2 Å². The SMILES string of the molecule is COC(=O)C12CC3CC(CC(NC(=O)C4CCC4)(C3)C1)C2. The number of carbonyl (C=O) groups is 2. The van der Waals surface area contributed by atoms with Crippen molar-refractivity contribution in [2.45, 2.75) is 63.3 Å². The fourth-order valence-corrected chi connectivity index (χ4v) is 5.90. The molecule has 2 unspecified atom stereocenters. The van der Waals surface area contributed by atoms with E-state index in [2.05, 4.69) is 5.32 Å². The third-order valence-corrected chi connectivity index (χ3v) is 6.54. The van der Waals surface area contributed by atoms with Crippen LogP contribution in [-0.2, 0) is 14.3 Å². The molecule has 0 spiro atoms. The van der Waals surface area contributed by atoms with Gasteiger partial charge in [-0.1, -0.05) is 6.42 Å². The lowest BCUT2D eigenvalue weighted by Crippen LogP contribution is -2.65. The van der Waals surface area contributed by atoms with E-state index in [1.54, 1.807) is 0 Å². The molecule has 4 bridgehead atoms. The summed E-state index contributed by atoms with van der Waals surface area (Å²) in [5.74, 6) is 1.60. The molecule has 0 saturated heterocycles. The molecule has 5 aliphatic carbocycles. The minimum absolute atomic E-state index is 0.0427. The third kappa shape index (κ3) is 2.01. The monoisotopic (exact) mass is 291 g/mol. The number of hydrogen-bond acceptors (Lipinski definition) is 3. The highest BCUT2D eigenvalue weighted by molar-refractivity contribution is 5.81. The molecule has 5 fully saturated rings. The van der Waals surface area contributed by atoms with Crippen LogP contribution < -0.4 is 5.32 Å². The molecule has 116 valence electrons. The van der Waals surface area contributed by atoms with E-state index in [1.165, 1.54) is 20.0 Å². The van der Waals surface area contributed by atoms with Crippen molar-refractivity contribution in [2.75, 3.05) is 7.11 Å². The Morgan fingerprint density at radius 2 is 1.76 bits per heavy atom. The van der Waals surface area contributed by atoms with E-state index in [-0.39, 0.29) is 28.7 Å². The first-order valence-electron chi connectivity index (χ1n) is 8.45. The van der Waals surface area contributed by atoms with Crippen molar-refractivity contribution in [1.82, 2.24) is 5.32 Å². The predicted molar refractivity (Wildman–Crippen MR) is 77.3 cm³/mol. The summed E-state index contributed by atoms with van der Waals surface area (Å²) in [4.78, 5) is 24.8. The first kappa shape index (κ1) is 13.6. The number of ether oxygens (including phenoxy) is 1. The molecule has 0 aromatic heterocycles. The summed E-state index contributed by atoms with van der Waals surface area (Å²) in [5, 5.41) is 3.38. The summed E-state index contributed by atoms with van der Waals surface area (Å²) >= 11 is 0. The van der Waals surface area contributed by atoms with Crippen molar-refractivity contribution < 1.29 is 14.3 Å². The molecule has 4 nitrogen and oxygen atoms in total. The number of methoxy groups -OCH3 is 1. The minimum atomic E-state index is -0.314. The molecule has 5 rings (SSSR count). The maximum Gasteiger partial charge on any atom is 0.311 e. The van der Waals surface area contributed by atoms with Gasteiger partial charge in [0.2, 0.25) is 5.91 Å². The molecule has 0 radical (unpaired) electrons. The number of esters is 1. The van der Waals surface area contributed by atoms with Crippen molar-refractivity contribution in [2.24, 2.45) is 23.2 Å². The standard InChI is InChI=1S/C17H25NO3/c1-21-15(20)16-6-11-5-12(7-16)9-17(8-11,10-16)18-14(19)13-3-2-4-13/h11-13H,2-10H2,1H3,(H,18,19). The molecule has 2 atom stereocenters. The van der Waals surface area contributed by atoms with Gasteiger partial charge in [0, 0.05) is 11.5 Å². The van der Waals surface area contributed by atoms with Gasteiger partial charge in [0.15, 0.2) is 0 Å². The summed E-state index contributed by atoms with van der Waals surface area (Å²) in [7, 11) is 1.50. The Bertz CT molecular complexity index is 468. The van der Waals surface area contributed by atoms with E-state index in [1.807, 2.05) is 0 Å². The first-order valence-corrected chi connectivity index (χ1v) is 8.45. The second-order valence-electron chi connectivity index (χ2n) is 8.13. The van der Waals surface area contributed by atoms with Gasteiger partial charge in [-0.25, -0.2) is 0 Å². The van der Waals surface area contributed by atoms with Gasteiger partial charge >= 0.3 is 5.97 Å². The number of carbonyl (C=O) groups excluding carboxylic acids is 2. The quantitative estimate of drug-likeness (QED) is 0.812. The van der Waals surface area contributed by atoms with Crippen molar-refractivity contribution in [1.29, 1.82) is 0 Å². The van der Waals surface area contributed by atoms with E-state index < -0.39 is 0 Å². The van der Waals surface area contributed by atoms with Crippen LogP contribution in [0.1, 0.15) is 57.8 Å². The van der Waals surface area contributed by atoms with Gasteiger partial charge in [0.25, 0.3) is 0 Å². The number of hydrogen-bond donors (Lipinski definition) is 1. The van der Waals surface area contributed by atoms with E-state index in [4.69, 9.17) is 4.74 Å². The summed E-state index contributed by atoms with van der Waals surface area (Å²) in [6.45, 7) is 0. The van der Waals surface area contributed by atoms with Gasteiger partial charge in [-0.15, -0.1) is 0 Å². The highest BCUT2D eigenvalue weighted by atomic mass is 16.5. The molecule has 0 aliphatic heterocycles. The average molecular weight is 291 g/mol. The van der Waals surface area contributed by atoms with E-state index in [0.29, 0.717) is 11.8 Å². The smallest absolute Gasteiger partial charge is 0.311 e. The second kappa shape index (κ2) is 4.47. The Morgan fingerprint density at radius 1 is 1.10 bits per heavy atom. The molecule has 1 N–H and O–H groups in total. The Kier molecular flexibility index (Phi) is 2.89. The topological polar surface area (TPSA) is 55.4 Å². The minimum Gasteiger partial charge on any atom is -0.469 e. The van der Waals surface area contributed by atoms with Gasteiger partial charge in [-0.2, -0.15) is 0 Å². The van der Waals surface area contributed by atoms with Gasteiger partial charge in [0.1, 0.15) is 0 Å². The average Bonchev–Trinajstić information content (AvgIpc) is 2.32. The third-order valence-electron chi connectivity index (χ3n) is 6.54. The second-order valence-corrected chi connectivity index (χ2v) is 8.13. The van der Waals surface area contributed by atoms with Gasteiger partial charge < -0.3 is 10.1 Å². The van der Waals surface area contributed by atoms with Crippen molar-refractivity contribution in [3.05, 3.63) is 0 Å². The van der Waals surface area contributed by atoms with Crippen LogP contribution in [0.25, 0.3) is 0 Å². The van der Waals surface area contributed by atoms with Crippen LogP contribution in [0, 0.1) is 23.2 Å². The summed E-state index contributed by atoms with van der Waals surface area (Å²) in [6.07, 6.45) is 9.38. The van der Waals surface area contributed by atoms with E-state index in [0.717, 1.165) is 44.9 Å². The Labute approximate surface area is 126 Å². The Hall–Kier alpha value is -1.06. The van der Waals surface area contributed by atoms with E-state index >= 15 is 0 Å². The Morgan fingerprint density at radius 3 is 2.29 bits per heavy atom. The molecule has 0 aromatic carbocycles. The zero-order chi connectivity index (χ0) is 14.7. The zero-order valence-corrected chi connectivity index (χ0v) is 12.8. The van der Waals surface area contributed by atoms with Crippen molar-refractivity contribution >= 4 is 11.9 Å². The van der Waals surface area contributed by atoms with Crippen LogP contribution in [0.5, 0.6) is 0 Å². The van der Waals surface area contributed by atoms with Gasteiger partial charge in [0.05, 0.1) is 12.5 Å². The lowest BCUT2D eigenvalue weighted by Gasteiger charge is -2.61. The number of amides is 1. The molecule has 0 aromatic rings. The maximum absolute atomic E-state index is 12.4. The number of rotatable bonds is 3. The van der Waals surface area contributed by atoms with Crippen LogP contribution in [0.4, 0.5) is 0 Å². The molecular formula is C17H25NO3. The lowest BCUT2D eigenvalue weighted by atomic mass is 9.46. The summed E-state index contributed by atoms with van der Waals surface area (Å²) in [5.41, 5.74) is -0.434. The highest BCUT2D eigenvalue weighted by Gasteiger charge is 2.61. The fraction of sp³-hybridized carbons (Fsp3) is 0.882. The molecule has 4 heteroatoms. The molecule has 5 saturated carbocycles. The predicted octanol–water partition coefficient (Wildman–Crippen LogP) is 2.41. The van der Waals surface area contributed by atoms with E-state index in [9.17, 15) is 9.59 Å². The van der Waals surface area contributed by atoms with Crippen molar-refractivity contribution in [3.8, 4) is 0 Å². The highest BCUT2D eigenvalue weighted by Crippen LogP contribution is 2.62.